The molecular formula is C18H27BrN2. The minimum Gasteiger partial charge on any atom is -0.365 e. The molecular weight excluding hydrogens is 324 g/mol. The number of nitrogens with zero attached hydrogens (tertiary/aromatic N) is 1. The normalized spacial score (nSPS) is 29.8. The molecule has 1 aliphatic heterocycles. The minimum absolute atomic E-state index is 0.289. The topological polar surface area (TPSA) is 15.3 Å². The Morgan fingerprint density at radius 1 is 1.29 bits per heavy atom. The van der Waals surface area contributed by atoms with Crippen molar-refractivity contribution < 1.29 is 0 Å². The lowest BCUT2D eigenvalue weighted by Crippen LogP contribution is -2.64. The lowest BCUT2D eigenvalue weighted by molar-refractivity contribution is 0.252. The van der Waals surface area contributed by atoms with Crippen LogP contribution in [0.2, 0.25) is 0 Å². The van der Waals surface area contributed by atoms with Crippen molar-refractivity contribution in [1.29, 1.82) is 0 Å². The predicted octanol–water partition coefficient (Wildman–Crippen LogP) is 4.42. The maximum Gasteiger partial charge on any atom is 0.0430 e. The molecule has 3 rings (SSSR count). The van der Waals surface area contributed by atoms with Crippen molar-refractivity contribution in [3.8, 4) is 0 Å². The fraction of sp³-hybridized carbons (Fsp3) is 0.667. The van der Waals surface area contributed by atoms with Gasteiger partial charge in [0.05, 0.1) is 0 Å². The summed E-state index contributed by atoms with van der Waals surface area (Å²) < 4.78 is 1.19. The Hall–Kier alpha value is -0.540. The number of hydrogen-bond acceptors (Lipinski definition) is 2. The molecule has 1 aliphatic carbocycles. The van der Waals surface area contributed by atoms with Gasteiger partial charge in [-0.3, -0.25) is 0 Å². The molecule has 2 nitrogen and oxygen atoms in total. The molecule has 1 saturated carbocycles. The van der Waals surface area contributed by atoms with E-state index in [9.17, 15) is 0 Å². The number of anilines is 1. The first kappa shape index (κ1) is 15.4. The standard InChI is InChI=1S/C18H27BrN2/c1-5-16-10-20-18(4,14-6-7-14)11-21(16)17-12(2)8-15(19)9-13(17)3/h8-9,14,16,20H,5-7,10-11H2,1-4H3. The van der Waals surface area contributed by atoms with E-state index in [1.165, 1.54) is 40.5 Å². The van der Waals surface area contributed by atoms with Crippen LogP contribution in [0.5, 0.6) is 0 Å². The van der Waals surface area contributed by atoms with Gasteiger partial charge in [0.25, 0.3) is 0 Å². The summed E-state index contributed by atoms with van der Waals surface area (Å²) in [4.78, 5) is 2.69. The Bertz CT molecular complexity index is 515. The van der Waals surface area contributed by atoms with Gasteiger partial charge in [-0.1, -0.05) is 22.9 Å². The van der Waals surface area contributed by atoms with Gasteiger partial charge in [0.2, 0.25) is 0 Å². The van der Waals surface area contributed by atoms with Crippen molar-refractivity contribution in [2.24, 2.45) is 5.92 Å². The Labute approximate surface area is 137 Å². The van der Waals surface area contributed by atoms with Crippen LogP contribution in [0.4, 0.5) is 5.69 Å². The van der Waals surface area contributed by atoms with Crippen LogP contribution in [0.25, 0.3) is 0 Å². The molecule has 0 aromatic heterocycles. The lowest BCUT2D eigenvalue weighted by atomic mass is 9.89. The summed E-state index contributed by atoms with van der Waals surface area (Å²) >= 11 is 3.63. The fourth-order valence-electron chi connectivity index (χ4n) is 3.98. The van der Waals surface area contributed by atoms with Crippen molar-refractivity contribution in [3.63, 3.8) is 0 Å². The van der Waals surface area contributed by atoms with Crippen LogP contribution in [0.15, 0.2) is 16.6 Å². The van der Waals surface area contributed by atoms with Crippen LogP contribution in [0, 0.1) is 19.8 Å². The van der Waals surface area contributed by atoms with Gasteiger partial charge in [-0.25, -0.2) is 0 Å². The average molecular weight is 351 g/mol. The molecule has 3 heteroatoms. The summed E-state index contributed by atoms with van der Waals surface area (Å²) in [6.45, 7) is 11.5. The second kappa shape index (κ2) is 5.58. The van der Waals surface area contributed by atoms with E-state index in [-0.39, 0.29) is 5.54 Å². The Morgan fingerprint density at radius 3 is 2.43 bits per heavy atom. The van der Waals surface area contributed by atoms with Crippen LogP contribution < -0.4 is 10.2 Å². The van der Waals surface area contributed by atoms with E-state index in [1.54, 1.807) is 0 Å². The van der Waals surface area contributed by atoms with E-state index in [4.69, 9.17) is 0 Å². The van der Waals surface area contributed by atoms with Crippen molar-refractivity contribution in [2.75, 3.05) is 18.0 Å². The SMILES string of the molecule is CCC1CNC(C)(C2CC2)CN1c1c(C)cc(Br)cc1C. The van der Waals surface area contributed by atoms with Gasteiger partial charge < -0.3 is 10.2 Å². The second-order valence-corrected chi connectivity index (χ2v) is 8.07. The minimum atomic E-state index is 0.289. The number of hydrogen-bond donors (Lipinski definition) is 1. The van der Waals surface area contributed by atoms with E-state index in [2.05, 4.69) is 66.0 Å². The van der Waals surface area contributed by atoms with Crippen molar-refractivity contribution in [2.45, 2.75) is 58.5 Å². The van der Waals surface area contributed by atoms with Gasteiger partial charge in [-0.15, -0.1) is 0 Å². The Morgan fingerprint density at radius 2 is 1.90 bits per heavy atom. The number of halogens is 1. The van der Waals surface area contributed by atoms with Crippen molar-refractivity contribution in [3.05, 3.63) is 27.7 Å². The molecule has 1 aromatic carbocycles. The molecule has 2 fully saturated rings. The Kier molecular flexibility index (Phi) is 4.08. The third kappa shape index (κ3) is 2.87. The number of aryl methyl sites for hydroxylation is 2. The van der Waals surface area contributed by atoms with Gasteiger partial charge in [0.15, 0.2) is 0 Å². The van der Waals surface area contributed by atoms with Gasteiger partial charge in [-0.2, -0.15) is 0 Å². The van der Waals surface area contributed by atoms with E-state index in [1.807, 2.05) is 0 Å². The number of rotatable bonds is 3. The number of nitrogens with one attached hydrogen (secondary N) is 1. The van der Waals surface area contributed by atoms with Gasteiger partial charge in [-0.05, 0) is 69.2 Å². The van der Waals surface area contributed by atoms with Crippen molar-refractivity contribution in [1.82, 2.24) is 5.32 Å². The third-order valence-electron chi connectivity index (χ3n) is 5.37. The number of piperazine rings is 1. The zero-order valence-electron chi connectivity index (χ0n) is 13.7. The molecule has 1 aromatic rings. The molecule has 0 radical (unpaired) electrons. The molecule has 1 heterocycles. The summed E-state index contributed by atoms with van der Waals surface area (Å²) in [5.41, 5.74) is 4.52. The second-order valence-electron chi connectivity index (χ2n) is 7.15. The number of benzene rings is 1. The van der Waals surface area contributed by atoms with Crippen LogP contribution in [0.3, 0.4) is 0 Å². The van der Waals surface area contributed by atoms with Gasteiger partial charge >= 0.3 is 0 Å². The van der Waals surface area contributed by atoms with Crippen LogP contribution in [-0.2, 0) is 0 Å². The molecule has 0 amide bonds. The maximum absolute atomic E-state index is 3.86. The van der Waals surface area contributed by atoms with Crippen LogP contribution in [0.1, 0.15) is 44.2 Å². The lowest BCUT2D eigenvalue weighted by Gasteiger charge is -2.48. The monoisotopic (exact) mass is 350 g/mol. The van der Waals surface area contributed by atoms with Crippen LogP contribution >= 0.6 is 15.9 Å². The quantitative estimate of drug-likeness (QED) is 0.867. The zero-order chi connectivity index (χ0) is 15.2. The molecule has 21 heavy (non-hydrogen) atoms. The van der Waals surface area contributed by atoms with E-state index < -0.39 is 0 Å². The zero-order valence-corrected chi connectivity index (χ0v) is 15.3. The molecule has 2 atom stereocenters. The average Bonchev–Trinajstić information content (AvgIpc) is 3.22. The first-order valence-corrected chi connectivity index (χ1v) is 9.02. The third-order valence-corrected chi connectivity index (χ3v) is 5.83. The highest BCUT2D eigenvalue weighted by atomic mass is 79.9. The maximum atomic E-state index is 3.86. The smallest absolute Gasteiger partial charge is 0.0430 e. The summed E-state index contributed by atoms with van der Waals surface area (Å²) in [5.74, 6) is 0.869. The van der Waals surface area contributed by atoms with Gasteiger partial charge in [0, 0.05) is 34.8 Å². The van der Waals surface area contributed by atoms with Crippen molar-refractivity contribution >= 4 is 21.6 Å². The van der Waals surface area contributed by atoms with Gasteiger partial charge in [0.1, 0.15) is 0 Å². The summed E-state index contributed by atoms with van der Waals surface area (Å²) in [5, 5.41) is 3.86. The molecule has 0 bridgehead atoms. The summed E-state index contributed by atoms with van der Waals surface area (Å²) in [6, 6.07) is 5.12. The van der Waals surface area contributed by atoms with Crippen LogP contribution in [-0.4, -0.2) is 24.7 Å². The highest BCUT2D eigenvalue weighted by molar-refractivity contribution is 9.10. The molecule has 2 unspecified atom stereocenters. The largest absolute Gasteiger partial charge is 0.365 e. The summed E-state index contributed by atoms with van der Waals surface area (Å²) in [7, 11) is 0. The molecule has 1 saturated heterocycles. The molecule has 0 spiro atoms. The Balaban J connectivity index is 1.96. The highest BCUT2D eigenvalue weighted by Crippen LogP contribution is 2.43. The fourth-order valence-corrected chi connectivity index (χ4v) is 4.66. The summed E-state index contributed by atoms with van der Waals surface area (Å²) in [6.07, 6.45) is 3.99. The first-order valence-electron chi connectivity index (χ1n) is 8.23. The van der Waals surface area contributed by atoms with E-state index in [0.717, 1.165) is 19.0 Å². The van der Waals surface area contributed by atoms with E-state index >= 15 is 0 Å². The first-order chi connectivity index (χ1) is 9.94. The molecule has 116 valence electrons. The predicted molar refractivity (Wildman–Crippen MR) is 94.2 cm³/mol. The molecule has 1 N–H and O–H groups in total. The molecule has 2 aliphatic rings. The van der Waals surface area contributed by atoms with E-state index in [0.29, 0.717) is 6.04 Å². The highest BCUT2D eigenvalue weighted by Gasteiger charge is 2.46.